The first-order valence-electron chi connectivity index (χ1n) is 4.40. The summed E-state index contributed by atoms with van der Waals surface area (Å²) in [5.74, 6) is 0.245. The molecular weight excluding hydrogens is 270 g/mol. The number of aryl methyl sites for hydroxylation is 2. The fourth-order valence-corrected chi connectivity index (χ4v) is 2.43. The molecule has 2 aromatic rings. The molecule has 8 nitrogen and oxygen atoms in total. The van der Waals surface area contributed by atoms with Gasteiger partial charge in [-0.05, 0) is 0 Å². The number of imidazole rings is 1. The van der Waals surface area contributed by atoms with Crippen LogP contribution >= 0.6 is 11.6 Å². The van der Waals surface area contributed by atoms with E-state index in [-0.39, 0.29) is 22.1 Å². The van der Waals surface area contributed by atoms with E-state index in [9.17, 15) is 8.42 Å². The molecule has 0 saturated heterocycles. The number of halogens is 1. The maximum Gasteiger partial charge on any atom is 0.329 e. The van der Waals surface area contributed by atoms with Gasteiger partial charge in [0, 0.05) is 14.0 Å². The van der Waals surface area contributed by atoms with E-state index >= 15 is 0 Å². The summed E-state index contributed by atoms with van der Waals surface area (Å²) >= 11 is 5.78. The number of sulfonamides is 1. The SMILES string of the molecule is Cc1nnc(NS(=O)(=O)c2ncn(C)c2Cl)o1. The highest BCUT2D eigenvalue weighted by atomic mass is 35.5. The molecule has 0 aliphatic heterocycles. The van der Waals surface area contributed by atoms with Gasteiger partial charge in [-0.25, -0.2) is 9.71 Å². The third kappa shape index (κ3) is 2.24. The zero-order chi connectivity index (χ0) is 12.6. The molecular formula is C7H8ClN5O3S. The van der Waals surface area contributed by atoms with Crippen molar-refractivity contribution < 1.29 is 12.8 Å². The largest absolute Gasteiger partial charge is 0.408 e. The molecule has 0 fully saturated rings. The van der Waals surface area contributed by atoms with Gasteiger partial charge in [0.05, 0.1) is 6.33 Å². The number of rotatable bonds is 3. The topological polar surface area (TPSA) is 103 Å². The molecule has 0 unspecified atom stereocenters. The first-order valence-corrected chi connectivity index (χ1v) is 6.26. The maximum atomic E-state index is 11.8. The molecule has 2 aromatic heterocycles. The van der Waals surface area contributed by atoms with E-state index in [1.807, 2.05) is 0 Å². The molecule has 10 heteroatoms. The molecule has 2 rings (SSSR count). The summed E-state index contributed by atoms with van der Waals surface area (Å²) in [6, 6.07) is -0.232. The van der Waals surface area contributed by atoms with Crippen molar-refractivity contribution in [1.82, 2.24) is 19.7 Å². The summed E-state index contributed by atoms with van der Waals surface area (Å²) < 4.78 is 32.0. The molecule has 0 aliphatic rings. The predicted molar refractivity (Wildman–Crippen MR) is 58.1 cm³/mol. The Morgan fingerprint density at radius 3 is 2.65 bits per heavy atom. The molecule has 0 spiro atoms. The van der Waals surface area contributed by atoms with E-state index in [2.05, 4.69) is 19.9 Å². The van der Waals surface area contributed by atoms with Crippen LogP contribution in [0.5, 0.6) is 0 Å². The Bertz CT molecular complexity index is 646. The number of hydrogen-bond donors (Lipinski definition) is 1. The van der Waals surface area contributed by atoms with Crippen molar-refractivity contribution in [2.24, 2.45) is 7.05 Å². The lowest BCUT2D eigenvalue weighted by atomic mass is 10.8. The number of hydrogen-bond acceptors (Lipinski definition) is 6. The maximum absolute atomic E-state index is 11.8. The summed E-state index contributed by atoms with van der Waals surface area (Å²) in [6.07, 6.45) is 1.29. The van der Waals surface area contributed by atoms with Gasteiger partial charge in [-0.1, -0.05) is 16.7 Å². The average molecular weight is 278 g/mol. The van der Waals surface area contributed by atoms with Gasteiger partial charge >= 0.3 is 6.01 Å². The number of aromatic nitrogens is 4. The van der Waals surface area contributed by atoms with E-state index in [0.29, 0.717) is 0 Å². The van der Waals surface area contributed by atoms with Crippen LogP contribution in [-0.2, 0) is 17.1 Å². The quantitative estimate of drug-likeness (QED) is 0.879. The lowest BCUT2D eigenvalue weighted by Gasteiger charge is -2.01. The van der Waals surface area contributed by atoms with Gasteiger partial charge < -0.3 is 8.98 Å². The highest BCUT2D eigenvalue weighted by molar-refractivity contribution is 7.92. The summed E-state index contributed by atoms with van der Waals surface area (Å²) in [6.45, 7) is 1.54. The monoisotopic (exact) mass is 277 g/mol. The Kier molecular flexibility index (Phi) is 2.79. The van der Waals surface area contributed by atoms with E-state index < -0.39 is 10.0 Å². The van der Waals surface area contributed by atoms with Crippen molar-refractivity contribution in [3.05, 3.63) is 17.4 Å². The summed E-state index contributed by atoms with van der Waals surface area (Å²) in [5.41, 5.74) is 0. The average Bonchev–Trinajstić information content (AvgIpc) is 2.75. The fourth-order valence-electron chi connectivity index (χ4n) is 1.08. The Balaban J connectivity index is 2.34. The second-order valence-corrected chi connectivity index (χ2v) is 5.14. The molecule has 2 heterocycles. The smallest absolute Gasteiger partial charge is 0.329 e. The zero-order valence-electron chi connectivity index (χ0n) is 8.88. The van der Waals surface area contributed by atoms with Crippen molar-refractivity contribution in [2.45, 2.75) is 11.9 Å². The predicted octanol–water partition coefficient (Wildman–Crippen LogP) is 0.566. The minimum Gasteiger partial charge on any atom is -0.408 e. The number of anilines is 1. The van der Waals surface area contributed by atoms with E-state index in [4.69, 9.17) is 16.0 Å². The molecule has 0 aromatic carbocycles. The zero-order valence-corrected chi connectivity index (χ0v) is 10.4. The lowest BCUT2D eigenvalue weighted by Crippen LogP contribution is -2.14. The minimum absolute atomic E-state index is 0.00580. The third-order valence-corrected chi connectivity index (χ3v) is 3.65. The van der Waals surface area contributed by atoms with Crippen molar-refractivity contribution in [3.63, 3.8) is 0 Å². The fraction of sp³-hybridized carbons (Fsp3) is 0.286. The van der Waals surface area contributed by atoms with E-state index in [0.717, 1.165) is 0 Å². The Hall–Kier alpha value is -1.61. The third-order valence-electron chi connectivity index (χ3n) is 1.84. The van der Waals surface area contributed by atoms with Gasteiger partial charge in [0.15, 0.2) is 0 Å². The minimum atomic E-state index is -3.92. The van der Waals surface area contributed by atoms with Gasteiger partial charge in [-0.15, -0.1) is 5.10 Å². The van der Waals surface area contributed by atoms with Crippen molar-refractivity contribution >= 4 is 27.6 Å². The van der Waals surface area contributed by atoms with Crippen LogP contribution in [0.2, 0.25) is 5.15 Å². The van der Waals surface area contributed by atoms with Gasteiger partial charge in [0.25, 0.3) is 10.0 Å². The molecule has 0 atom stereocenters. The van der Waals surface area contributed by atoms with Crippen LogP contribution in [0.25, 0.3) is 0 Å². The molecule has 0 bridgehead atoms. The Morgan fingerprint density at radius 1 is 1.47 bits per heavy atom. The van der Waals surface area contributed by atoms with Crippen molar-refractivity contribution in [3.8, 4) is 0 Å². The van der Waals surface area contributed by atoms with Crippen LogP contribution < -0.4 is 4.72 Å². The molecule has 0 radical (unpaired) electrons. The molecule has 1 N–H and O–H groups in total. The van der Waals surface area contributed by atoms with Gasteiger partial charge in [-0.2, -0.15) is 8.42 Å². The number of nitrogens with one attached hydrogen (secondary N) is 1. The normalized spacial score (nSPS) is 11.7. The van der Waals surface area contributed by atoms with Crippen LogP contribution in [0.1, 0.15) is 5.89 Å². The Labute approximate surface area is 102 Å². The van der Waals surface area contributed by atoms with E-state index in [1.54, 1.807) is 14.0 Å². The van der Waals surface area contributed by atoms with Crippen LogP contribution in [0.4, 0.5) is 6.01 Å². The molecule has 17 heavy (non-hydrogen) atoms. The van der Waals surface area contributed by atoms with Gasteiger partial charge in [-0.3, -0.25) is 0 Å². The van der Waals surface area contributed by atoms with E-state index in [1.165, 1.54) is 10.9 Å². The molecule has 0 amide bonds. The standard InChI is InChI=1S/C7H8ClN5O3S/c1-4-10-11-7(16-4)12-17(14,15)6-5(8)13(2)3-9-6/h3H,1-2H3,(H,11,12). The van der Waals surface area contributed by atoms with Crippen molar-refractivity contribution in [1.29, 1.82) is 0 Å². The first kappa shape index (κ1) is 11.9. The second-order valence-electron chi connectivity index (χ2n) is 3.18. The van der Waals surface area contributed by atoms with Gasteiger partial charge in [0.2, 0.25) is 10.9 Å². The number of nitrogens with zero attached hydrogens (tertiary/aromatic N) is 4. The van der Waals surface area contributed by atoms with Gasteiger partial charge in [0.1, 0.15) is 5.15 Å². The highest BCUT2D eigenvalue weighted by Crippen LogP contribution is 2.20. The summed E-state index contributed by atoms with van der Waals surface area (Å²) in [7, 11) is -2.35. The lowest BCUT2D eigenvalue weighted by molar-refractivity contribution is 0.534. The summed E-state index contributed by atoms with van der Waals surface area (Å²) in [5, 5.41) is 6.70. The highest BCUT2D eigenvalue weighted by Gasteiger charge is 2.24. The summed E-state index contributed by atoms with van der Waals surface area (Å²) in [4.78, 5) is 3.68. The van der Waals surface area contributed by atoms with Crippen LogP contribution in [0.15, 0.2) is 15.8 Å². The Morgan fingerprint density at radius 2 is 2.18 bits per heavy atom. The van der Waals surface area contributed by atoms with Crippen LogP contribution in [0.3, 0.4) is 0 Å². The van der Waals surface area contributed by atoms with Crippen molar-refractivity contribution in [2.75, 3.05) is 4.72 Å². The van der Waals surface area contributed by atoms with Crippen LogP contribution in [0, 0.1) is 6.92 Å². The van der Waals surface area contributed by atoms with Crippen LogP contribution in [-0.4, -0.2) is 28.2 Å². The second kappa shape index (κ2) is 4.00. The molecule has 0 aliphatic carbocycles. The molecule has 0 saturated carbocycles. The first-order chi connectivity index (χ1) is 7.90. The molecule has 92 valence electrons.